The molecule has 0 heterocycles. The zero-order valence-electron chi connectivity index (χ0n) is 19.3. The molecule has 5 heteroatoms. The second kappa shape index (κ2) is 20.2. The fourth-order valence-corrected chi connectivity index (χ4v) is 3.12. The topological polar surface area (TPSA) is 72.8 Å². The van der Waals surface area contributed by atoms with Crippen LogP contribution < -0.4 is 0 Å². The number of hydrogen-bond acceptors (Lipinski definition) is 5. The zero-order valence-corrected chi connectivity index (χ0v) is 19.3. The molecule has 0 amide bonds. The third-order valence-corrected chi connectivity index (χ3v) is 5.38. The number of unbranched alkanes of at least 4 members (excludes halogenated alkanes) is 9. The van der Waals surface area contributed by atoms with Crippen LogP contribution >= 0.6 is 0 Å². The van der Waals surface area contributed by atoms with Crippen LogP contribution in [0.25, 0.3) is 0 Å². The van der Waals surface area contributed by atoms with Crippen LogP contribution in [0.15, 0.2) is 0 Å². The van der Waals surface area contributed by atoms with Gasteiger partial charge in [0.15, 0.2) is 0 Å². The Kier molecular flexibility index (Phi) is 19.4. The number of ether oxygens (including phenoxy) is 2. The maximum atomic E-state index is 11.7. The van der Waals surface area contributed by atoms with E-state index in [2.05, 4.69) is 20.8 Å². The summed E-state index contributed by atoms with van der Waals surface area (Å²) < 4.78 is 10.1. The summed E-state index contributed by atoms with van der Waals surface area (Å²) in [5, 5.41) is 9.78. The largest absolute Gasteiger partial charge is 0.463 e. The highest BCUT2D eigenvalue weighted by atomic mass is 16.6. The van der Waals surface area contributed by atoms with Crippen molar-refractivity contribution in [2.75, 3.05) is 13.2 Å². The van der Waals surface area contributed by atoms with Crippen LogP contribution in [0.3, 0.4) is 0 Å². The third-order valence-electron chi connectivity index (χ3n) is 5.38. The SMILES string of the molecule is CCCCCCCC(=O)OC[C@@H](O)COC(=O)CCCCCCCCC(C)CC. The van der Waals surface area contributed by atoms with Crippen LogP contribution in [-0.2, 0) is 19.1 Å². The Hall–Kier alpha value is -1.10. The molecule has 0 saturated carbocycles. The molecule has 0 rings (SSSR count). The van der Waals surface area contributed by atoms with Crippen molar-refractivity contribution in [2.45, 2.75) is 123 Å². The first kappa shape index (κ1) is 27.9. The van der Waals surface area contributed by atoms with Gasteiger partial charge in [-0.1, -0.05) is 91.4 Å². The number of hydrogen-bond donors (Lipinski definition) is 1. The Bertz CT molecular complexity index is 397. The number of carbonyl (C=O) groups is 2. The van der Waals surface area contributed by atoms with Gasteiger partial charge >= 0.3 is 11.9 Å². The highest BCUT2D eigenvalue weighted by Gasteiger charge is 2.12. The maximum absolute atomic E-state index is 11.7. The molecular weight excluding hydrogens is 368 g/mol. The van der Waals surface area contributed by atoms with Gasteiger partial charge in [0.25, 0.3) is 0 Å². The first-order valence-electron chi connectivity index (χ1n) is 12.0. The normalized spacial score (nSPS) is 13.1. The minimum absolute atomic E-state index is 0.113. The van der Waals surface area contributed by atoms with Gasteiger partial charge in [-0.2, -0.15) is 0 Å². The Morgan fingerprint density at radius 3 is 1.66 bits per heavy atom. The Labute approximate surface area is 178 Å². The number of esters is 2. The molecule has 0 saturated heterocycles. The molecule has 0 aliphatic carbocycles. The van der Waals surface area contributed by atoms with Crippen molar-refractivity contribution in [3.8, 4) is 0 Å². The average molecular weight is 415 g/mol. The summed E-state index contributed by atoms with van der Waals surface area (Å²) in [7, 11) is 0. The quantitative estimate of drug-likeness (QED) is 0.196. The average Bonchev–Trinajstić information content (AvgIpc) is 2.72. The van der Waals surface area contributed by atoms with Gasteiger partial charge in [-0.05, 0) is 18.8 Å². The van der Waals surface area contributed by atoms with E-state index in [4.69, 9.17) is 9.47 Å². The molecule has 5 nitrogen and oxygen atoms in total. The van der Waals surface area contributed by atoms with Gasteiger partial charge in [0.2, 0.25) is 0 Å². The summed E-state index contributed by atoms with van der Waals surface area (Å²) in [6.45, 7) is 6.48. The minimum atomic E-state index is -0.950. The smallest absolute Gasteiger partial charge is 0.305 e. The lowest BCUT2D eigenvalue weighted by molar-refractivity contribution is -0.152. The molecule has 172 valence electrons. The molecule has 1 unspecified atom stereocenters. The molecular formula is C24H46O5. The van der Waals surface area contributed by atoms with E-state index >= 15 is 0 Å². The van der Waals surface area contributed by atoms with Crippen molar-refractivity contribution >= 4 is 11.9 Å². The van der Waals surface area contributed by atoms with Crippen molar-refractivity contribution in [1.29, 1.82) is 0 Å². The first-order valence-corrected chi connectivity index (χ1v) is 12.0. The van der Waals surface area contributed by atoms with Gasteiger partial charge < -0.3 is 14.6 Å². The summed E-state index contributed by atoms with van der Waals surface area (Å²) in [6.07, 6.45) is 14.6. The first-order chi connectivity index (χ1) is 14.0. The van der Waals surface area contributed by atoms with Crippen molar-refractivity contribution in [2.24, 2.45) is 5.92 Å². The van der Waals surface area contributed by atoms with Crippen LogP contribution in [-0.4, -0.2) is 36.4 Å². The molecule has 1 N–H and O–H groups in total. The van der Waals surface area contributed by atoms with Gasteiger partial charge in [-0.25, -0.2) is 0 Å². The number of carbonyl (C=O) groups excluding carboxylic acids is 2. The fourth-order valence-electron chi connectivity index (χ4n) is 3.12. The summed E-state index contributed by atoms with van der Waals surface area (Å²) in [6, 6.07) is 0. The highest BCUT2D eigenvalue weighted by Crippen LogP contribution is 2.14. The maximum Gasteiger partial charge on any atom is 0.305 e. The molecule has 2 atom stereocenters. The van der Waals surface area contributed by atoms with E-state index in [9.17, 15) is 14.7 Å². The second-order valence-corrected chi connectivity index (χ2v) is 8.36. The Morgan fingerprint density at radius 1 is 0.724 bits per heavy atom. The van der Waals surface area contributed by atoms with Crippen LogP contribution in [0.2, 0.25) is 0 Å². The van der Waals surface area contributed by atoms with Gasteiger partial charge in [0.1, 0.15) is 19.3 Å². The van der Waals surface area contributed by atoms with E-state index in [0.29, 0.717) is 12.8 Å². The van der Waals surface area contributed by atoms with Crippen LogP contribution in [0.4, 0.5) is 0 Å². The molecule has 0 aliphatic rings. The number of aliphatic hydroxyl groups excluding tert-OH is 1. The van der Waals surface area contributed by atoms with Crippen molar-refractivity contribution < 1.29 is 24.2 Å². The second-order valence-electron chi connectivity index (χ2n) is 8.36. The summed E-state index contributed by atoms with van der Waals surface area (Å²) >= 11 is 0. The van der Waals surface area contributed by atoms with Crippen LogP contribution in [0.1, 0.15) is 117 Å². The lowest BCUT2D eigenvalue weighted by Crippen LogP contribution is -2.25. The highest BCUT2D eigenvalue weighted by molar-refractivity contribution is 5.69. The van der Waals surface area contributed by atoms with Crippen LogP contribution in [0, 0.1) is 5.92 Å². The molecule has 0 aromatic rings. The minimum Gasteiger partial charge on any atom is -0.463 e. The van der Waals surface area contributed by atoms with Crippen molar-refractivity contribution in [1.82, 2.24) is 0 Å². The van der Waals surface area contributed by atoms with E-state index in [1.54, 1.807) is 0 Å². The zero-order chi connectivity index (χ0) is 21.7. The third kappa shape index (κ3) is 20.0. The lowest BCUT2D eigenvalue weighted by atomic mass is 10.00. The van der Waals surface area contributed by atoms with E-state index in [1.807, 2.05) is 0 Å². The van der Waals surface area contributed by atoms with Gasteiger partial charge in [-0.3, -0.25) is 9.59 Å². The molecule has 0 spiro atoms. The van der Waals surface area contributed by atoms with E-state index in [-0.39, 0.29) is 25.2 Å². The van der Waals surface area contributed by atoms with Crippen LogP contribution in [0.5, 0.6) is 0 Å². The standard InChI is InChI=1S/C24H46O5/c1-4-6-7-10-14-17-23(26)28-19-22(25)20-29-24(27)18-15-12-9-8-11-13-16-21(3)5-2/h21-22,25H,4-20H2,1-3H3/t21?,22-/m1/s1. The number of rotatable bonds is 20. The summed E-state index contributed by atoms with van der Waals surface area (Å²) in [4.78, 5) is 23.3. The Morgan fingerprint density at radius 2 is 1.17 bits per heavy atom. The van der Waals surface area contributed by atoms with Gasteiger partial charge in [-0.15, -0.1) is 0 Å². The van der Waals surface area contributed by atoms with Crippen molar-refractivity contribution in [3.05, 3.63) is 0 Å². The van der Waals surface area contributed by atoms with Gasteiger partial charge in [0, 0.05) is 12.8 Å². The molecule has 0 bridgehead atoms. The summed E-state index contributed by atoms with van der Waals surface area (Å²) in [5.41, 5.74) is 0. The Balaban J connectivity index is 3.49. The molecule has 0 aromatic carbocycles. The molecule has 0 fully saturated rings. The molecule has 29 heavy (non-hydrogen) atoms. The number of aliphatic hydroxyl groups is 1. The monoisotopic (exact) mass is 414 g/mol. The fraction of sp³-hybridized carbons (Fsp3) is 0.917. The van der Waals surface area contributed by atoms with Crippen molar-refractivity contribution in [3.63, 3.8) is 0 Å². The predicted octanol–water partition coefficient (Wildman–Crippen LogP) is 5.96. The van der Waals surface area contributed by atoms with Gasteiger partial charge in [0.05, 0.1) is 0 Å². The molecule has 0 aromatic heterocycles. The summed E-state index contributed by atoms with van der Waals surface area (Å²) in [5.74, 6) is 0.248. The lowest BCUT2D eigenvalue weighted by Gasteiger charge is -2.12. The van der Waals surface area contributed by atoms with E-state index < -0.39 is 6.10 Å². The predicted molar refractivity (Wildman–Crippen MR) is 118 cm³/mol. The molecule has 0 radical (unpaired) electrons. The molecule has 0 aliphatic heterocycles. The van der Waals surface area contributed by atoms with E-state index in [0.717, 1.165) is 44.4 Å². The van der Waals surface area contributed by atoms with E-state index in [1.165, 1.54) is 44.9 Å².